The van der Waals surface area contributed by atoms with E-state index in [1.54, 1.807) is 28.9 Å². The van der Waals surface area contributed by atoms with Crippen molar-refractivity contribution in [3.8, 4) is 11.4 Å². The Morgan fingerprint density at radius 3 is 2.68 bits per heavy atom. The highest BCUT2D eigenvalue weighted by Crippen LogP contribution is 2.27. The molecule has 1 N–H and O–H groups in total. The third-order valence-corrected chi connectivity index (χ3v) is 4.84. The molecule has 4 rings (SSSR count). The topological polar surface area (TPSA) is 102 Å². The molecule has 158 valence electrons. The Hall–Kier alpha value is -4.01. The number of benzene rings is 2. The maximum atomic E-state index is 13.2. The van der Waals surface area contributed by atoms with Gasteiger partial charge in [0.2, 0.25) is 5.91 Å². The molecule has 0 aliphatic carbocycles. The van der Waals surface area contributed by atoms with Crippen LogP contribution in [-0.2, 0) is 21.4 Å². The fraction of sp³-hybridized carbons (Fsp3) is 0.227. The van der Waals surface area contributed by atoms with Crippen molar-refractivity contribution in [2.45, 2.75) is 19.4 Å². The number of ether oxygens (including phenoxy) is 1. The van der Waals surface area contributed by atoms with Crippen molar-refractivity contribution >= 4 is 29.0 Å². The molecule has 9 nitrogen and oxygen atoms in total. The molecule has 1 aromatic heterocycles. The van der Waals surface area contributed by atoms with E-state index in [0.29, 0.717) is 11.5 Å². The van der Waals surface area contributed by atoms with E-state index in [0.717, 1.165) is 11.3 Å². The molecule has 0 fully saturated rings. The van der Waals surface area contributed by atoms with Crippen LogP contribution in [0, 0.1) is 0 Å². The first-order valence-electron chi connectivity index (χ1n) is 9.91. The Morgan fingerprint density at radius 1 is 1.16 bits per heavy atom. The first-order valence-corrected chi connectivity index (χ1v) is 9.91. The summed E-state index contributed by atoms with van der Waals surface area (Å²) >= 11 is 0. The molecule has 0 bridgehead atoms. The highest BCUT2D eigenvalue weighted by atomic mass is 16.5. The predicted molar refractivity (Wildman–Crippen MR) is 116 cm³/mol. The number of anilines is 2. The lowest BCUT2D eigenvalue weighted by atomic mass is 10.1. The van der Waals surface area contributed by atoms with E-state index < -0.39 is 12.0 Å². The fourth-order valence-corrected chi connectivity index (χ4v) is 3.38. The van der Waals surface area contributed by atoms with Crippen molar-refractivity contribution in [3.63, 3.8) is 0 Å². The summed E-state index contributed by atoms with van der Waals surface area (Å²) in [5.74, 6) is -0.0964. The predicted octanol–water partition coefficient (Wildman–Crippen LogP) is 2.62. The standard InChI is InChI=1S/C22H22N6O3/c1-3-31-22(30)18-13-19(28(26-18)17-10-5-4-6-11-17)21(29)24-16-9-7-8-15(12-16)20-25-23-14-27(20)2/h4-12,14,19H,3,13H2,1-2H3,(H,24,29). The Balaban J connectivity index is 1.57. The molecule has 0 spiro atoms. The molecule has 9 heteroatoms. The van der Waals surface area contributed by atoms with Gasteiger partial charge in [-0.1, -0.05) is 30.3 Å². The van der Waals surface area contributed by atoms with Gasteiger partial charge in [-0.3, -0.25) is 9.80 Å². The largest absolute Gasteiger partial charge is 0.461 e. The van der Waals surface area contributed by atoms with Crippen LogP contribution in [0.1, 0.15) is 13.3 Å². The number of carbonyl (C=O) groups excluding carboxylic acids is 2. The molecular weight excluding hydrogens is 396 g/mol. The second-order valence-electron chi connectivity index (χ2n) is 7.00. The summed E-state index contributed by atoms with van der Waals surface area (Å²) in [6.07, 6.45) is 1.77. The number of nitrogens with zero attached hydrogens (tertiary/aromatic N) is 5. The molecule has 3 aromatic rings. The van der Waals surface area contributed by atoms with Gasteiger partial charge in [0.25, 0.3) is 0 Å². The number of nitrogens with one attached hydrogen (secondary N) is 1. The molecule has 1 unspecified atom stereocenters. The minimum Gasteiger partial charge on any atom is -0.461 e. The third kappa shape index (κ3) is 4.30. The van der Waals surface area contributed by atoms with Crippen LogP contribution >= 0.6 is 0 Å². The van der Waals surface area contributed by atoms with E-state index in [9.17, 15) is 9.59 Å². The van der Waals surface area contributed by atoms with E-state index in [1.807, 2.05) is 55.6 Å². The van der Waals surface area contributed by atoms with Crippen molar-refractivity contribution in [2.24, 2.45) is 12.1 Å². The summed E-state index contributed by atoms with van der Waals surface area (Å²) in [7, 11) is 1.85. The minimum absolute atomic E-state index is 0.155. The summed E-state index contributed by atoms with van der Waals surface area (Å²) in [5.41, 5.74) is 2.38. The van der Waals surface area contributed by atoms with Gasteiger partial charge in [0.1, 0.15) is 18.1 Å². The zero-order valence-corrected chi connectivity index (χ0v) is 17.2. The second-order valence-corrected chi connectivity index (χ2v) is 7.00. The van der Waals surface area contributed by atoms with Crippen LogP contribution in [-0.4, -0.2) is 45.0 Å². The van der Waals surface area contributed by atoms with Gasteiger partial charge in [-0.15, -0.1) is 10.2 Å². The van der Waals surface area contributed by atoms with Crippen LogP contribution in [0.25, 0.3) is 11.4 Å². The minimum atomic E-state index is -0.680. The van der Waals surface area contributed by atoms with Crippen molar-refractivity contribution < 1.29 is 14.3 Å². The zero-order chi connectivity index (χ0) is 21.8. The van der Waals surface area contributed by atoms with E-state index in [-0.39, 0.29) is 24.6 Å². The molecule has 1 aliphatic rings. The molecule has 31 heavy (non-hydrogen) atoms. The maximum Gasteiger partial charge on any atom is 0.354 e. The average molecular weight is 418 g/mol. The van der Waals surface area contributed by atoms with E-state index >= 15 is 0 Å². The summed E-state index contributed by atoms with van der Waals surface area (Å²) in [6.45, 7) is 1.98. The van der Waals surface area contributed by atoms with Gasteiger partial charge in [0.15, 0.2) is 5.82 Å². The van der Waals surface area contributed by atoms with Crippen LogP contribution in [0.2, 0.25) is 0 Å². The number of para-hydroxylation sites is 1. The van der Waals surface area contributed by atoms with Gasteiger partial charge in [-0.25, -0.2) is 4.79 Å². The Bertz CT molecular complexity index is 1130. The fourth-order valence-electron chi connectivity index (χ4n) is 3.38. The van der Waals surface area contributed by atoms with Crippen LogP contribution < -0.4 is 10.3 Å². The first-order chi connectivity index (χ1) is 15.1. The van der Waals surface area contributed by atoms with Crippen LogP contribution in [0.3, 0.4) is 0 Å². The normalized spacial score (nSPS) is 15.5. The number of rotatable bonds is 6. The summed E-state index contributed by atoms with van der Waals surface area (Å²) in [5, 5.41) is 16.9. The zero-order valence-electron chi connectivity index (χ0n) is 17.2. The third-order valence-electron chi connectivity index (χ3n) is 4.84. The molecule has 1 aliphatic heterocycles. The maximum absolute atomic E-state index is 13.2. The lowest BCUT2D eigenvalue weighted by Gasteiger charge is -2.22. The Labute approximate surface area is 179 Å². The molecule has 0 radical (unpaired) electrons. The van der Waals surface area contributed by atoms with E-state index in [2.05, 4.69) is 20.6 Å². The van der Waals surface area contributed by atoms with Gasteiger partial charge in [0, 0.05) is 24.7 Å². The van der Waals surface area contributed by atoms with Gasteiger partial charge in [-0.2, -0.15) is 5.10 Å². The average Bonchev–Trinajstić information content (AvgIpc) is 3.41. The molecular formula is C22H22N6O3. The highest BCUT2D eigenvalue weighted by molar-refractivity contribution is 6.38. The van der Waals surface area contributed by atoms with Crippen molar-refractivity contribution in [2.75, 3.05) is 16.9 Å². The van der Waals surface area contributed by atoms with Crippen molar-refractivity contribution in [1.29, 1.82) is 0 Å². The number of hydrogen-bond donors (Lipinski definition) is 1. The van der Waals surface area contributed by atoms with E-state index in [4.69, 9.17) is 4.74 Å². The Morgan fingerprint density at radius 2 is 1.97 bits per heavy atom. The highest BCUT2D eigenvalue weighted by Gasteiger charge is 2.36. The van der Waals surface area contributed by atoms with Crippen LogP contribution in [0.15, 0.2) is 66.0 Å². The summed E-state index contributed by atoms with van der Waals surface area (Å²) < 4.78 is 6.88. The van der Waals surface area contributed by atoms with Gasteiger partial charge < -0.3 is 14.6 Å². The van der Waals surface area contributed by atoms with E-state index in [1.165, 1.54) is 0 Å². The second kappa shape index (κ2) is 8.78. The molecule has 2 heterocycles. The van der Waals surface area contributed by atoms with Crippen LogP contribution in [0.4, 0.5) is 11.4 Å². The monoisotopic (exact) mass is 418 g/mol. The van der Waals surface area contributed by atoms with Crippen LogP contribution in [0.5, 0.6) is 0 Å². The number of aryl methyl sites for hydroxylation is 1. The van der Waals surface area contributed by atoms with Crippen molar-refractivity contribution in [1.82, 2.24) is 14.8 Å². The molecule has 1 amide bonds. The summed E-state index contributed by atoms with van der Waals surface area (Å²) in [4.78, 5) is 25.4. The number of hydrogen-bond acceptors (Lipinski definition) is 7. The van der Waals surface area contributed by atoms with Gasteiger partial charge in [-0.05, 0) is 31.2 Å². The lowest BCUT2D eigenvalue weighted by Crippen LogP contribution is -2.38. The molecule has 2 aromatic carbocycles. The lowest BCUT2D eigenvalue weighted by molar-refractivity contribution is -0.135. The SMILES string of the molecule is CCOC(=O)C1=NN(c2ccccc2)C(C(=O)Nc2cccc(-c3nncn3C)c2)C1. The number of carbonyl (C=O) groups is 2. The van der Waals surface area contributed by atoms with Crippen molar-refractivity contribution in [3.05, 3.63) is 60.9 Å². The molecule has 0 saturated heterocycles. The molecule has 1 atom stereocenters. The number of aromatic nitrogens is 3. The number of hydrazone groups is 1. The van der Waals surface area contributed by atoms with Gasteiger partial charge in [0.05, 0.1) is 12.3 Å². The van der Waals surface area contributed by atoms with Gasteiger partial charge >= 0.3 is 5.97 Å². The summed E-state index contributed by atoms with van der Waals surface area (Å²) in [6, 6.07) is 15.9. The number of amides is 1. The quantitative estimate of drug-likeness (QED) is 0.618. The molecule has 0 saturated carbocycles. The number of esters is 1. The first kappa shape index (κ1) is 20.3. The smallest absolute Gasteiger partial charge is 0.354 e. The Kier molecular flexibility index (Phi) is 5.74.